The number of hydrogen-bond donors (Lipinski definition) is 6. The minimum atomic E-state index is -5.72. The van der Waals surface area contributed by atoms with Gasteiger partial charge in [-0.2, -0.15) is 0 Å². The molecule has 0 N–H and O–H groups in total. The third kappa shape index (κ3) is 10.9. The Kier molecular flexibility index (Phi) is 17.4. The van der Waals surface area contributed by atoms with Gasteiger partial charge in [-0.05, 0) is 0 Å². The average molecular weight is 1230 g/mol. The van der Waals surface area contributed by atoms with E-state index in [-0.39, 0.29) is 78.4 Å². The zero-order valence-corrected chi connectivity index (χ0v) is 48.9. The van der Waals surface area contributed by atoms with Crippen LogP contribution in [0.5, 0.6) is 5.75 Å². The molecule has 0 spiro atoms. The first-order valence-electron chi connectivity index (χ1n) is 24.4. The summed E-state index contributed by atoms with van der Waals surface area (Å²) >= 11 is 30.8. The summed E-state index contributed by atoms with van der Waals surface area (Å²) in [7, 11) is -2.59. The van der Waals surface area contributed by atoms with Gasteiger partial charge < -0.3 is 0 Å². The molecule has 0 aliphatic carbocycles. The Morgan fingerprint density at radius 2 is 0.600 bits per heavy atom. The van der Waals surface area contributed by atoms with Crippen LogP contribution >= 0.6 is 89.4 Å². The molecule has 0 aliphatic rings. The number of thiol groups is 6. The Morgan fingerprint density at radius 1 is 0.362 bits per heavy atom. The van der Waals surface area contributed by atoms with Crippen LogP contribution in [0.4, 0.5) is 26.3 Å². The molecule has 9 rings (SSSR count). The van der Waals surface area contributed by atoms with Crippen molar-refractivity contribution < 1.29 is 49.5 Å². The van der Waals surface area contributed by atoms with Crippen molar-refractivity contribution in [1.82, 2.24) is 0 Å². The number of carbonyl (C=O) groups is 2. The fourth-order valence-electron chi connectivity index (χ4n) is 10.4. The predicted molar refractivity (Wildman–Crippen MR) is 330 cm³/mol. The molecule has 9 aromatic rings. The molecule has 0 heterocycles. The van der Waals surface area contributed by atoms with Gasteiger partial charge in [0, 0.05) is 0 Å². The normalized spacial score (nSPS) is 13.1. The molecular formula is C60H47BF6O5P2S6. The summed E-state index contributed by atoms with van der Waals surface area (Å²) in [6.45, 7) is -11.4. The van der Waals surface area contributed by atoms with Gasteiger partial charge in [0.05, 0.1) is 0 Å². The van der Waals surface area contributed by atoms with Crippen LogP contribution in [0.25, 0.3) is 0 Å². The molecule has 408 valence electrons. The maximum atomic E-state index is 15.9. The summed E-state index contributed by atoms with van der Waals surface area (Å²) in [5.74, 6) is -2.10. The molecular weight excluding hydrogens is 1180 g/mol. The number of Topliss-reactive ketones (excluding diaryl/α,β-unsaturated/α-hetero) is 2. The Morgan fingerprint density at radius 3 is 0.838 bits per heavy atom. The number of hydrogen-bond acceptors (Lipinski definition) is 11. The average Bonchev–Trinajstić information content (AvgIpc) is 2.54. The molecule has 0 unspecified atom stereocenters. The molecule has 0 amide bonds. The second kappa shape index (κ2) is 23.5. The fraction of sp³-hybridized carbons (Fsp3) is 0.0667. The van der Waals surface area contributed by atoms with Crippen LogP contribution in [0, 0.1) is 0 Å². The van der Waals surface area contributed by atoms with Crippen LogP contribution in [-0.4, -0.2) is 31.2 Å². The minimum absolute atomic E-state index is 0.0302. The van der Waals surface area contributed by atoms with Crippen molar-refractivity contribution in [2.24, 2.45) is 0 Å². The Hall–Kier alpha value is -5.36. The second-order valence-electron chi connectivity index (χ2n) is 18.6. The topological polar surface area (TPSA) is 61.8 Å². The predicted octanol–water partition coefficient (Wildman–Crippen LogP) is 14.5. The Bertz CT molecular complexity index is 3320. The molecule has 80 heavy (non-hydrogen) atoms. The molecule has 0 bridgehead atoms. The van der Waals surface area contributed by atoms with Crippen LogP contribution in [0.3, 0.4) is 0 Å². The van der Waals surface area contributed by atoms with E-state index in [9.17, 15) is 0 Å². The number of benzene rings is 9. The van der Waals surface area contributed by atoms with Crippen molar-refractivity contribution in [2.75, 3.05) is 12.3 Å². The summed E-state index contributed by atoms with van der Waals surface area (Å²) < 4.78 is 114. The molecule has 0 aromatic heterocycles. The summed E-state index contributed by atoms with van der Waals surface area (Å²) in [5.41, 5.74) is -3.05. The summed E-state index contributed by atoms with van der Waals surface area (Å²) in [6.07, 6.45) is -12.0. The Balaban J connectivity index is 1.55. The SMILES string of the molecule is O=C(CP(OB(Oc1cc(C(F)(F)F)cc(C(F)(F)F)c1)OP(CC(=O)c1ccccc1)(c1ccccc1S)(c1ccccc1S)c1ccccc1S)(c1ccccc1S)(c1ccccc1S)c1ccccc1S)c1ccccc1. The molecule has 5 nitrogen and oxygen atoms in total. The third-order valence-electron chi connectivity index (χ3n) is 13.9. The van der Waals surface area contributed by atoms with E-state index in [1.54, 1.807) is 206 Å². The molecule has 20 heteroatoms. The number of carbonyl (C=O) groups excluding carboxylic acids is 2. The van der Waals surface area contributed by atoms with E-state index in [1.165, 1.54) is 0 Å². The number of rotatable bonds is 18. The van der Waals surface area contributed by atoms with Gasteiger partial charge in [0.2, 0.25) is 0 Å². The van der Waals surface area contributed by atoms with Crippen LogP contribution in [0.1, 0.15) is 31.8 Å². The van der Waals surface area contributed by atoms with Gasteiger partial charge in [0.15, 0.2) is 0 Å². The van der Waals surface area contributed by atoms with Crippen LogP contribution in [-0.2, 0) is 21.2 Å². The van der Waals surface area contributed by atoms with Gasteiger partial charge in [-0.1, -0.05) is 0 Å². The first kappa shape index (κ1) is 59.3. The van der Waals surface area contributed by atoms with Gasteiger partial charge in [-0.15, -0.1) is 0 Å². The van der Waals surface area contributed by atoms with Gasteiger partial charge in [0.25, 0.3) is 0 Å². The van der Waals surface area contributed by atoms with Gasteiger partial charge >= 0.3 is 496 Å². The maximum absolute atomic E-state index is 15.9. The number of ketones is 2. The molecule has 0 aliphatic heterocycles. The molecule has 0 atom stereocenters. The van der Waals surface area contributed by atoms with Gasteiger partial charge in [-0.3, -0.25) is 0 Å². The van der Waals surface area contributed by atoms with Crippen molar-refractivity contribution >= 4 is 140 Å². The molecule has 0 fully saturated rings. The molecule has 0 radical (unpaired) electrons. The molecule has 0 saturated heterocycles. The molecule has 0 saturated carbocycles. The van der Waals surface area contributed by atoms with E-state index in [2.05, 4.69) is 0 Å². The van der Waals surface area contributed by atoms with E-state index in [0.717, 1.165) is 0 Å². The number of alkyl halides is 6. The van der Waals surface area contributed by atoms with E-state index in [1.807, 2.05) is 0 Å². The number of halogens is 6. The van der Waals surface area contributed by atoms with Crippen molar-refractivity contribution in [3.05, 3.63) is 247 Å². The van der Waals surface area contributed by atoms with E-state index < -0.39 is 74.1 Å². The first-order chi connectivity index (χ1) is 38.1. The third-order valence-corrected chi connectivity index (χ3v) is 28.8. The summed E-state index contributed by atoms with van der Waals surface area (Å²) in [6, 6.07) is 57.5. The van der Waals surface area contributed by atoms with Crippen molar-refractivity contribution in [3.63, 3.8) is 0 Å². The van der Waals surface area contributed by atoms with Crippen LogP contribution in [0.2, 0.25) is 0 Å². The van der Waals surface area contributed by atoms with Crippen LogP contribution < -0.4 is 36.5 Å². The van der Waals surface area contributed by atoms with Gasteiger partial charge in [-0.25, -0.2) is 0 Å². The van der Waals surface area contributed by atoms with E-state index in [0.29, 0.717) is 12.1 Å². The van der Waals surface area contributed by atoms with E-state index in [4.69, 9.17) is 89.3 Å². The first-order valence-corrected chi connectivity index (χ1v) is 31.7. The van der Waals surface area contributed by atoms with Crippen molar-refractivity contribution in [3.8, 4) is 5.75 Å². The van der Waals surface area contributed by atoms with E-state index >= 15 is 35.9 Å². The van der Waals surface area contributed by atoms with Crippen molar-refractivity contribution in [1.29, 1.82) is 0 Å². The fourth-order valence-corrected chi connectivity index (χ4v) is 26.8. The monoisotopic (exact) mass is 1230 g/mol. The summed E-state index contributed by atoms with van der Waals surface area (Å²) in [4.78, 5) is 33.2. The zero-order valence-electron chi connectivity index (χ0n) is 41.7. The Labute approximate surface area is 492 Å². The van der Waals surface area contributed by atoms with Crippen molar-refractivity contribution in [2.45, 2.75) is 41.7 Å². The summed E-state index contributed by atoms with van der Waals surface area (Å²) in [5, 5.41) is 1.37. The zero-order chi connectivity index (χ0) is 57.1. The standard InChI is InChI=1S/C60H47BF6O5P2S6/c62-59(63,64)42-35-43(60(65,66)67)37-44(36-42)70-61(71-73(47-23-7-13-29-53(47)75,48-24-8-14-30-54(48)76,49-25-9-15-31-55(49)77)38-45(68)40-19-3-1-4-20-40)72-74(50-26-10-16-32-56(50)78,51-27-11-17-33-57(51)79,52-28-12-18-34-58(52)80)39-46(69)41-21-5-2-6-22-41/h1-37,75-80H,38-39H2. The second-order valence-corrected chi connectivity index (χ2v) is 30.3. The van der Waals surface area contributed by atoms with Gasteiger partial charge in [0.1, 0.15) is 0 Å². The van der Waals surface area contributed by atoms with Crippen LogP contribution in [0.15, 0.2) is 254 Å². The molecule has 9 aromatic carbocycles. The quantitative estimate of drug-likeness (QED) is 0.0170.